The minimum absolute atomic E-state index is 0.231. The Hall–Kier alpha value is -2.87. The van der Waals surface area contributed by atoms with Crippen LogP contribution in [0.2, 0.25) is 0 Å². The summed E-state index contributed by atoms with van der Waals surface area (Å²) < 4.78 is 7.35. The predicted octanol–water partition coefficient (Wildman–Crippen LogP) is 2.89. The molecule has 3 aromatic rings. The van der Waals surface area contributed by atoms with Crippen molar-refractivity contribution in [2.45, 2.75) is 13.3 Å². The van der Waals surface area contributed by atoms with Gasteiger partial charge in [-0.1, -0.05) is 18.2 Å². The van der Waals surface area contributed by atoms with Crippen molar-refractivity contribution in [1.29, 1.82) is 5.26 Å². The van der Waals surface area contributed by atoms with E-state index in [-0.39, 0.29) is 6.42 Å². The number of hydrogen-bond acceptors (Lipinski definition) is 4. The third kappa shape index (κ3) is 2.43. The van der Waals surface area contributed by atoms with Crippen LogP contribution in [0.3, 0.4) is 0 Å². The van der Waals surface area contributed by atoms with Crippen LogP contribution in [0.1, 0.15) is 12.7 Å². The van der Waals surface area contributed by atoms with Crippen molar-refractivity contribution in [3.63, 3.8) is 0 Å². The third-order valence-corrected chi connectivity index (χ3v) is 3.10. The minimum Gasteiger partial charge on any atom is -0.478 e. The van der Waals surface area contributed by atoms with Crippen molar-refractivity contribution in [3.8, 4) is 17.8 Å². The molecule has 0 saturated carbocycles. The molecule has 5 heteroatoms. The number of benzene rings is 1. The molecule has 2 aromatic heterocycles. The Labute approximate surface area is 122 Å². The summed E-state index contributed by atoms with van der Waals surface area (Å²) >= 11 is 0. The van der Waals surface area contributed by atoms with E-state index in [0.717, 1.165) is 11.0 Å². The van der Waals surface area contributed by atoms with Gasteiger partial charge in [-0.05, 0) is 25.1 Å². The van der Waals surface area contributed by atoms with E-state index in [0.29, 0.717) is 24.1 Å². The Kier molecular flexibility index (Phi) is 3.52. The van der Waals surface area contributed by atoms with Crippen LogP contribution < -0.4 is 4.74 Å². The summed E-state index contributed by atoms with van der Waals surface area (Å²) in [5, 5.41) is 9.01. The van der Waals surface area contributed by atoms with E-state index in [1.165, 1.54) is 0 Å². The summed E-state index contributed by atoms with van der Waals surface area (Å²) in [6, 6.07) is 15.5. The van der Waals surface area contributed by atoms with Crippen molar-refractivity contribution < 1.29 is 4.74 Å². The van der Waals surface area contributed by atoms with Crippen LogP contribution in [0.4, 0.5) is 0 Å². The second kappa shape index (κ2) is 5.63. The van der Waals surface area contributed by atoms with E-state index in [9.17, 15) is 0 Å². The molecule has 21 heavy (non-hydrogen) atoms. The van der Waals surface area contributed by atoms with Crippen LogP contribution in [0.15, 0.2) is 42.5 Å². The van der Waals surface area contributed by atoms with Crippen LogP contribution in [0, 0.1) is 11.3 Å². The molecule has 5 nitrogen and oxygen atoms in total. The summed E-state index contributed by atoms with van der Waals surface area (Å²) in [6.07, 6.45) is 0.231. The van der Waals surface area contributed by atoms with Gasteiger partial charge in [0.25, 0.3) is 0 Å². The Balaban J connectivity index is 2.20. The first kappa shape index (κ1) is 13.1. The summed E-state index contributed by atoms with van der Waals surface area (Å²) in [5.41, 5.74) is 1.79. The van der Waals surface area contributed by atoms with E-state index < -0.39 is 0 Å². The smallest absolute Gasteiger partial charge is 0.215 e. The first-order valence-corrected chi connectivity index (χ1v) is 6.77. The van der Waals surface area contributed by atoms with Gasteiger partial charge in [0.1, 0.15) is 11.6 Å². The lowest BCUT2D eigenvalue weighted by Gasteiger charge is -2.08. The highest BCUT2D eigenvalue weighted by Crippen LogP contribution is 2.22. The second-order valence-electron chi connectivity index (χ2n) is 4.45. The van der Waals surface area contributed by atoms with Gasteiger partial charge in [0.05, 0.1) is 30.1 Å². The number of ether oxygens (including phenoxy) is 1. The van der Waals surface area contributed by atoms with E-state index in [1.54, 1.807) is 0 Å². The van der Waals surface area contributed by atoms with Crippen molar-refractivity contribution in [2.75, 3.05) is 6.61 Å². The number of nitrogens with zero attached hydrogens (tertiary/aromatic N) is 4. The zero-order valence-corrected chi connectivity index (χ0v) is 11.7. The van der Waals surface area contributed by atoms with Crippen molar-refractivity contribution in [3.05, 3.63) is 48.3 Å². The fraction of sp³-hybridized carbons (Fsp3) is 0.188. The topological polar surface area (TPSA) is 63.7 Å². The van der Waals surface area contributed by atoms with Crippen molar-refractivity contribution >= 4 is 11.0 Å². The van der Waals surface area contributed by atoms with Gasteiger partial charge in [0.2, 0.25) is 5.88 Å². The molecular weight excluding hydrogens is 264 g/mol. The summed E-state index contributed by atoms with van der Waals surface area (Å²) in [5.74, 6) is 1.95. The largest absolute Gasteiger partial charge is 0.478 e. The van der Waals surface area contributed by atoms with E-state index >= 15 is 0 Å². The molecule has 0 aliphatic heterocycles. The number of pyridine rings is 1. The van der Waals surface area contributed by atoms with Crippen LogP contribution in [0.25, 0.3) is 16.9 Å². The van der Waals surface area contributed by atoms with E-state index in [1.807, 2.05) is 54.0 Å². The summed E-state index contributed by atoms with van der Waals surface area (Å²) in [4.78, 5) is 9.00. The maximum atomic E-state index is 9.01. The van der Waals surface area contributed by atoms with E-state index in [4.69, 9.17) is 10.00 Å². The normalized spacial score (nSPS) is 10.5. The highest BCUT2D eigenvalue weighted by molar-refractivity contribution is 5.77. The predicted molar refractivity (Wildman–Crippen MR) is 79.4 cm³/mol. The van der Waals surface area contributed by atoms with E-state index in [2.05, 4.69) is 16.0 Å². The van der Waals surface area contributed by atoms with Crippen LogP contribution in [-0.4, -0.2) is 21.1 Å². The van der Waals surface area contributed by atoms with Crippen LogP contribution in [0.5, 0.6) is 5.88 Å². The Bertz CT molecular complexity index is 817. The third-order valence-electron chi connectivity index (χ3n) is 3.10. The molecule has 0 fully saturated rings. The fourth-order valence-electron chi connectivity index (χ4n) is 2.28. The number of fused-ring (bicyclic) bond motifs is 1. The van der Waals surface area contributed by atoms with Gasteiger partial charge in [-0.2, -0.15) is 10.2 Å². The molecule has 104 valence electrons. The van der Waals surface area contributed by atoms with Gasteiger partial charge in [0, 0.05) is 6.07 Å². The number of para-hydroxylation sites is 2. The Morgan fingerprint density at radius 2 is 2.00 bits per heavy atom. The molecule has 0 unspecified atom stereocenters. The van der Waals surface area contributed by atoms with Gasteiger partial charge >= 0.3 is 0 Å². The summed E-state index contributed by atoms with van der Waals surface area (Å²) in [7, 11) is 0. The SMILES string of the molecule is CCOc1cccc(-n2c(CC#N)nc3ccccc32)n1. The lowest BCUT2D eigenvalue weighted by molar-refractivity contribution is 0.326. The van der Waals surface area contributed by atoms with Gasteiger partial charge < -0.3 is 4.74 Å². The number of rotatable bonds is 4. The van der Waals surface area contributed by atoms with Crippen LogP contribution in [-0.2, 0) is 6.42 Å². The number of nitriles is 1. The molecule has 0 N–H and O–H groups in total. The molecule has 2 heterocycles. The monoisotopic (exact) mass is 278 g/mol. The number of hydrogen-bond donors (Lipinski definition) is 0. The molecule has 1 aromatic carbocycles. The average molecular weight is 278 g/mol. The molecular formula is C16H14N4O. The first-order valence-electron chi connectivity index (χ1n) is 6.77. The molecule has 0 bridgehead atoms. The molecule has 0 spiro atoms. The molecule has 0 saturated heterocycles. The second-order valence-corrected chi connectivity index (χ2v) is 4.45. The fourth-order valence-corrected chi connectivity index (χ4v) is 2.28. The lowest BCUT2D eigenvalue weighted by Crippen LogP contribution is -2.04. The molecule has 0 atom stereocenters. The average Bonchev–Trinajstić information content (AvgIpc) is 2.86. The zero-order valence-electron chi connectivity index (χ0n) is 11.7. The lowest BCUT2D eigenvalue weighted by atomic mass is 10.3. The molecule has 3 rings (SSSR count). The highest BCUT2D eigenvalue weighted by atomic mass is 16.5. The van der Waals surface area contributed by atoms with Gasteiger partial charge in [-0.3, -0.25) is 4.57 Å². The highest BCUT2D eigenvalue weighted by Gasteiger charge is 2.13. The maximum Gasteiger partial charge on any atom is 0.215 e. The maximum absolute atomic E-state index is 9.01. The Morgan fingerprint density at radius 3 is 2.81 bits per heavy atom. The number of aromatic nitrogens is 3. The van der Waals surface area contributed by atoms with Crippen molar-refractivity contribution in [2.24, 2.45) is 0 Å². The molecule has 0 radical (unpaired) electrons. The van der Waals surface area contributed by atoms with Gasteiger partial charge in [-0.15, -0.1) is 0 Å². The first-order chi connectivity index (χ1) is 10.3. The number of imidazole rings is 1. The molecule has 0 amide bonds. The zero-order chi connectivity index (χ0) is 14.7. The molecule has 0 aliphatic carbocycles. The minimum atomic E-state index is 0.231. The molecule has 0 aliphatic rings. The van der Waals surface area contributed by atoms with Gasteiger partial charge in [-0.25, -0.2) is 4.98 Å². The van der Waals surface area contributed by atoms with Crippen LogP contribution >= 0.6 is 0 Å². The van der Waals surface area contributed by atoms with Crippen molar-refractivity contribution in [1.82, 2.24) is 14.5 Å². The summed E-state index contributed by atoms with van der Waals surface area (Å²) in [6.45, 7) is 2.48. The van der Waals surface area contributed by atoms with Gasteiger partial charge in [0.15, 0.2) is 0 Å². The quantitative estimate of drug-likeness (QED) is 0.736. The Morgan fingerprint density at radius 1 is 1.14 bits per heavy atom. The standard InChI is InChI=1S/C16H14N4O/c1-2-21-16-9-5-8-14(19-16)20-13-7-4-3-6-12(13)18-15(20)10-11-17/h3-9H,2,10H2,1H3.